The van der Waals surface area contributed by atoms with E-state index in [4.69, 9.17) is 10.5 Å². The third-order valence-electron chi connectivity index (χ3n) is 3.85. The Kier molecular flexibility index (Phi) is 5.44. The van der Waals surface area contributed by atoms with E-state index in [1.807, 2.05) is 6.92 Å². The van der Waals surface area contributed by atoms with Gasteiger partial charge in [-0.3, -0.25) is 4.79 Å². The molecule has 0 bridgehead atoms. The summed E-state index contributed by atoms with van der Waals surface area (Å²) in [5.74, 6) is 0.528. The number of hydrogen-bond acceptors (Lipinski definition) is 4. The van der Waals surface area contributed by atoms with Gasteiger partial charge in [-0.25, -0.2) is 0 Å². The molecule has 21 heavy (non-hydrogen) atoms. The second kappa shape index (κ2) is 7.31. The van der Waals surface area contributed by atoms with E-state index in [1.54, 1.807) is 23.1 Å². The number of nitrogen functional groups attached to an aromatic ring is 1. The van der Waals surface area contributed by atoms with Gasteiger partial charge in [-0.2, -0.15) is 0 Å². The van der Waals surface area contributed by atoms with Crippen molar-refractivity contribution in [2.75, 3.05) is 25.5 Å². The number of aliphatic hydroxyl groups excluding tert-OH is 1. The summed E-state index contributed by atoms with van der Waals surface area (Å²) in [6.07, 6.45) is 4.29. The zero-order chi connectivity index (χ0) is 15.2. The van der Waals surface area contributed by atoms with E-state index < -0.39 is 0 Å². The lowest BCUT2D eigenvalue weighted by atomic mass is 10.1. The van der Waals surface area contributed by atoms with Gasteiger partial charge >= 0.3 is 0 Å². The number of amides is 1. The fraction of sp³-hybridized carbons (Fsp3) is 0.562. The molecule has 1 amide bonds. The number of carbonyl (C=O) groups is 1. The molecule has 1 aromatic carbocycles. The first-order valence-corrected chi connectivity index (χ1v) is 7.61. The summed E-state index contributed by atoms with van der Waals surface area (Å²) in [6, 6.07) is 5.33. The molecular weight excluding hydrogens is 268 g/mol. The van der Waals surface area contributed by atoms with Crippen LogP contribution >= 0.6 is 0 Å². The quantitative estimate of drug-likeness (QED) is 0.787. The fourth-order valence-electron chi connectivity index (χ4n) is 2.93. The van der Waals surface area contributed by atoms with Crippen molar-refractivity contribution in [1.82, 2.24) is 4.90 Å². The van der Waals surface area contributed by atoms with Gasteiger partial charge in [-0.05, 0) is 31.9 Å². The molecule has 5 heteroatoms. The highest BCUT2D eigenvalue weighted by Gasteiger charge is 2.27. The van der Waals surface area contributed by atoms with Crippen molar-refractivity contribution in [3.05, 3.63) is 23.8 Å². The van der Waals surface area contributed by atoms with Crippen LogP contribution in [-0.4, -0.2) is 41.7 Å². The molecule has 0 atom stereocenters. The van der Waals surface area contributed by atoms with E-state index in [0.29, 0.717) is 30.2 Å². The van der Waals surface area contributed by atoms with Crippen LogP contribution in [0.5, 0.6) is 5.75 Å². The van der Waals surface area contributed by atoms with Crippen LogP contribution in [0.15, 0.2) is 18.2 Å². The first kappa shape index (κ1) is 15.6. The molecule has 0 radical (unpaired) electrons. The highest BCUT2D eigenvalue weighted by Crippen LogP contribution is 2.26. The number of rotatable bonds is 6. The number of hydrogen-bond donors (Lipinski definition) is 2. The monoisotopic (exact) mass is 292 g/mol. The van der Waals surface area contributed by atoms with E-state index >= 15 is 0 Å². The van der Waals surface area contributed by atoms with Crippen LogP contribution in [-0.2, 0) is 0 Å². The summed E-state index contributed by atoms with van der Waals surface area (Å²) >= 11 is 0. The average molecular weight is 292 g/mol. The molecule has 1 aliphatic carbocycles. The van der Waals surface area contributed by atoms with Crippen LogP contribution in [0.3, 0.4) is 0 Å². The molecule has 3 N–H and O–H groups in total. The molecule has 116 valence electrons. The smallest absolute Gasteiger partial charge is 0.254 e. The lowest BCUT2D eigenvalue weighted by molar-refractivity contribution is 0.0637. The maximum Gasteiger partial charge on any atom is 0.254 e. The Balaban J connectivity index is 2.22. The topological polar surface area (TPSA) is 75.8 Å². The number of benzene rings is 1. The van der Waals surface area contributed by atoms with Crippen molar-refractivity contribution < 1.29 is 14.6 Å². The number of aliphatic hydroxyl groups is 1. The summed E-state index contributed by atoms with van der Waals surface area (Å²) < 4.78 is 5.44. The van der Waals surface area contributed by atoms with Crippen LogP contribution in [0.2, 0.25) is 0 Å². The molecule has 0 aliphatic heterocycles. The second-order valence-corrected chi connectivity index (χ2v) is 5.38. The summed E-state index contributed by atoms with van der Waals surface area (Å²) in [6.45, 7) is 2.76. The zero-order valence-electron chi connectivity index (χ0n) is 12.5. The van der Waals surface area contributed by atoms with Gasteiger partial charge in [0, 0.05) is 29.9 Å². The zero-order valence-corrected chi connectivity index (χ0v) is 12.5. The van der Waals surface area contributed by atoms with Crippen LogP contribution in [0.1, 0.15) is 43.0 Å². The van der Waals surface area contributed by atoms with Gasteiger partial charge in [-0.1, -0.05) is 12.8 Å². The Bertz CT molecular complexity index is 484. The Hall–Kier alpha value is -1.75. The molecule has 0 aromatic heterocycles. The molecule has 0 saturated heterocycles. The molecule has 0 spiro atoms. The van der Waals surface area contributed by atoms with Gasteiger partial charge in [0.25, 0.3) is 5.91 Å². The third kappa shape index (κ3) is 3.88. The largest absolute Gasteiger partial charge is 0.494 e. The van der Waals surface area contributed by atoms with Crippen molar-refractivity contribution in [3.63, 3.8) is 0 Å². The second-order valence-electron chi connectivity index (χ2n) is 5.38. The molecule has 5 nitrogen and oxygen atoms in total. The first-order valence-electron chi connectivity index (χ1n) is 7.61. The van der Waals surface area contributed by atoms with E-state index in [1.165, 1.54) is 0 Å². The van der Waals surface area contributed by atoms with Crippen molar-refractivity contribution in [2.24, 2.45) is 0 Å². The molecule has 2 rings (SSSR count). The highest BCUT2D eigenvalue weighted by atomic mass is 16.5. The Labute approximate surface area is 125 Å². The van der Waals surface area contributed by atoms with Gasteiger partial charge in [-0.15, -0.1) is 0 Å². The van der Waals surface area contributed by atoms with Gasteiger partial charge in [0.05, 0.1) is 13.2 Å². The van der Waals surface area contributed by atoms with E-state index in [9.17, 15) is 9.90 Å². The van der Waals surface area contributed by atoms with Crippen LogP contribution in [0.25, 0.3) is 0 Å². The minimum absolute atomic E-state index is 0.0249. The van der Waals surface area contributed by atoms with E-state index in [-0.39, 0.29) is 18.6 Å². The summed E-state index contributed by atoms with van der Waals surface area (Å²) in [5.41, 5.74) is 6.90. The Morgan fingerprint density at radius 2 is 2.10 bits per heavy atom. The molecule has 1 aliphatic rings. The third-order valence-corrected chi connectivity index (χ3v) is 3.85. The molecule has 1 fully saturated rings. The van der Waals surface area contributed by atoms with Crippen molar-refractivity contribution >= 4 is 11.6 Å². The summed E-state index contributed by atoms with van der Waals surface area (Å²) in [7, 11) is 0. The minimum Gasteiger partial charge on any atom is -0.494 e. The van der Waals surface area contributed by atoms with Crippen molar-refractivity contribution in [3.8, 4) is 5.75 Å². The van der Waals surface area contributed by atoms with Gasteiger partial charge < -0.3 is 20.5 Å². The molecule has 1 saturated carbocycles. The van der Waals surface area contributed by atoms with Gasteiger partial charge in [0.15, 0.2) is 0 Å². The SMILES string of the molecule is CCOc1cc(N)cc(C(=O)N(CCO)C2CCCC2)c1. The minimum atomic E-state index is -0.0794. The van der Waals surface area contributed by atoms with Crippen LogP contribution in [0, 0.1) is 0 Å². The lowest BCUT2D eigenvalue weighted by Gasteiger charge is -2.28. The van der Waals surface area contributed by atoms with Crippen LogP contribution < -0.4 is 10.5 Å². The Morgan fingerprint density at radius 3 is 2.71 bits per heavy atom. The van der Waals surface area contributed by atoms with Crippen molar-refractivity contribution in [2.45, 2.75) is 38.6 Å². The number of anilines is 1. The number of ether oxygens (including phenoxy) is 1. The average Bonchev–Trinajstić information content (AvgIpc) is 2.97. The fourth-order valence-corrected chi connectivity index (χ4v) is 2.93. The van der Waals surface area contributed by atoms with Crippen molar-refractivity contribution in [1.29, 1.82) is 0 Å². The number of carbonyl (C=O) groups excluding carboxylic acids is 1. The Morgan fingerprint density at radius 1 is 1.38 bits per heavy atom. The molecule has 0 heterocycles. The van der Waals surface area contributed by atoms with Gasteiger partial charge in [0.2, 0.25) is 0 Å². The number of nitrogens with zero attached hydrogens (tertiary/aromatic N) is 1. The van der Waals surface area contributed by atoms with Crippen LogP contribution in [0.4, 0.5) is 5.69 Å². The number of nitrogens with two attached hydrogens (primary N) is 1. The lowest BCUT2D eigenvalue weighted by Crippen LogP contribution is -2.40. The molecule has 0 unspecified atom stereocenters. The highest BCUT2D eigenvalue weighted by molar-refractivity contribution is 5.95. The standard InChI is InChI=1S/C16H24N2O3/c1-2-21-15-10-12(9-13(17)11-15)16(20)18(7-8-19)14-5-3-4-6-14/h9-11,14,19H,2-8,17H2,1H3. The normalized spacial score (nSPS) is 15.1. The molecular formula is C16H24N2O3. The maximum atomic E-state index is 12.7. The van der Waals surface area contributed by atoms with E-state index in [2.05, 4.69) is 0 Å². The maximum absolute atomic E-state index is 12.7. The molecule has 1 aromatic rings. The summed E-state index contributed by atoms with van der Waals surface area (Å²) in [4.78, 5) is 14.5. The van der Waals surface area contributed by atoms with Gasteiger partial charge in [0.1, 0.15) is 5.75 Å². The summed E-state index contributed by atoms with van der Waals surface area (Å²) in [5, 5.41) is 9.24. The first-order chi connectivity index (χ1) is 10.2. The predicted octanol–water partition coefficient (Wildman–Crippen LogP) is 2.04. The van der Waals surface area contributed by atoms with E-state index in [0.717, 1.165) is 25.7 Å². The predicted molar refractivity (Wildman–Crippen MR) is 82.4 cm³/mol.